The monoisotopic (exact) mass is 270 g/mol. The molecule has 20 heavy (non-hydrogen) atoms. The summed E-state index contributed by atoms with van der Waals surface area (Å²) in [4.78, 5) is 8.66. The fraction of sp³-hybridized carbons (Fsp3) is 0.333. The zero-order valence-electron chi connectivity index (χ0n) is 11.5. The smallest absolute Gasteiger partial charge is 0.224 e. The van der Waals surface area contributed by atoms with E-state index in [1.165, 1.54) is 12.8 Å². The Hall–Kier alpha value is -2.30. The van der Waals surface area contributed by atoms with Crippen molar-refractivity contribution in [3.63, 3.8) is 0 Å². The van der Waals surface area contributed by atoms with Crippen LogP contribution in [0.3, 0.4) is 0 Å². The van der Waals surface area contributed by atoms with E-state index in [0.29, 0.717) is 18.6 Å². The lowest BCUT2D eigenvalue weighted by atomic mass is 10.3. The zero-order chi connectivity index (χ0) is 13.8. The maximum atomic E-state index is 5.42. The fourth-order valence-corrected chi connectivity index (χ4v) is 1.86. The number of ether oxygens (including phenoxy) is 1. The van der Waals surface area contributed by atoms with Crippen LogP contribution in [0, 0.1) is 0 Å². The highest BCUT2D eigenvalue weighted by Gasteiger charge is 2.21. The second-order valence-corrected chi connectivity index (χ2v) is 4.77. The number of aromatic nitrogens is 2. The van der Waals surface area contributed by atoms with Gasteiger partial charge in [-0.2, -0.15) is 4.98 Å². The molecule has 2 N–H and O–H groups in total. The van der Waals surface area contributed by atoms with Crippen molar-refractivity contribution in [2.45, 2.75) is 25.8 Å². The normalized spacial score (nSPS) is 13.8. The quantitative estimate of drug-likeness (QED) is 0.844. The van der Waals surface area contributed by atoms with Crippen molar-refractivity contribution in [2.75, 3.05) is 17.2 Å². The summed E-state index contributed by atoms with van der Waals surface area (Å²) in [5, 5.41) is 6.55. The fourth-order valence-electron chi connectivity index (χ4n) is 1.86. The van der Waals surface area contributed by atoms with Crippen LogP contribution < -0.4 is 15.4 Å². The van der Waals surface area contributed by atoms with Crippen LogP contribution in [0.25, 0.3) is 0 Å². The molecule has 0 amide bonds. The predicted molar refractivity (Wildman–Crippen MR) is 79.6 cm³/mol. The van der Waals surface area contributed by atoms with E-state index in [1.807, 2.05) is 37.3 Å². The lowest BCUT2D eigenvalue weighted by Gasteiger charge is -2.09. The lowest BCUT2D eigenvalue weighted by molar-refractivity contribution is 0.340. The zero-order valence-corrected chi connectivity index (χ0v) is 11.5. The standard InChI is InChI=1S/C15H18N4O/c1-2-20-13-7-5-11(6-8-13)17-14-9-10-16-15(19-14)18-12-3-4-12/h5-10,12H,2-4H2,1H3,(H2,16,17,18,19). The van der Waals surface area contributed by atoms with Gasteiger partial charge in [0.25, 0.3) is 0 Å². The van der Waals surface area contributed by atoms with Crippen LogP contribution in [0.1, 0.15) is 19.8 Å². The molecule has 104 valence electrons. The first-order valence-corrected chi connectivity index (χ1v) is 6.93. The van der Waals surface area contributed by atoms with E-state index >= 15 is 0 Å². The Bertz CT molecular complexity index is 566. The summed E-state index contributed by atoms with van der Waals surface area (Å²) < 4.78 is 5.42. The summed E-state index contributed by atoms with van der Waals surface area (Å²) in [6.07, 6.45) is 4.18. The molecule has 1 heterocycles. The Kier molecular flexibility index (Phi) is 3.67. The van der Waals surface area contributed by atoms with Gasteiger partial charge in [0.1, 0.15) is 11.6 Å². The number of anilines is 3. The van der Waals surface area contributed by atoms with Gasteiger partial charge < -0.3 is 15.4 Å². The van der Waals surface area contributed by atoms with E-state index in [1.54, 1.807) is 6.20 Å². The summed E-state index contributed by atoms with van der Waals surface area (Å²) in [5.74, 6) is 2.34. The Morgan fingerprint density at radius 1 is 1.20 bits per heavy atom. The van der Waals surface area contributed by atoms with Gasteiger partial charge in [-0.1, -0.05) is 0 Å². The number of benzene rings is 1. The van der Waals surface area contributed by atoms with Crippen LogP contribution >= 0.6 is 0 Å². The molecule has 3 rings (SSSR count). The van der Waals surface area contributed by atoms with E-state index in [4.69, 9.17) is 4.74 Å². The molecule has 0 unspecified atom stereocenters. The van der Waals surface area contributed by atoms with Gasteiger partial charge in [-0.15, -0.1) is 0 Å². The van der Waals surface area contributed by atoms with Crippen LogP contribution in [0.4, 0.5) is 17.5 Å². The summed E-state index contributed by atoms with van der Waals surface area (Å²) in [7, 11) is 0. The first-order valence-electron chi connectivity index (χ1n) is 6.93. The van der Waals surface area contributed by atoms with Gasteiger partial charge in [0.15, 0.2) is 0 Å². The van der Waals surface area contributed by atoms with Gasteiger partial charge in [0.2, 0.25) is 5.95 Å². The molecule has 2 aromatic rings. The molecule has 1 saturated carbocycles. The average Bonchev–Trinajstić information content (AvgIpc) is 3.26. The van der Waals surface area contributed by atoms with Crippen molar-refractivity contribution in [1.82, 2.24) is 9.97 Å². The van der Waals surface area contributed by atoms with Crippen LogP contribution in [-0.4, -0.2) is 22.6 Å². The van der Waals surface area contributed by atoms with E-state index < -0.39 is 0 Å². The molecule has 5 heteroatoms. The predicted octanol–water partition coefficient (Wildman–Crippen LogP) is 3.19. The Morgan fingerprint density at radius 3 is 2.70 bits per heavy atom. The van der Waals surface area contributed by atoms with E-state index in [-0.39, 0.29) is 0 Å². The highest BCUT2D eigenvalue weighted by atomic mass is 16.5. The maximum Gasteiger partial charge on any atom is 0.224 e. The highest BCUT2D eigenvalue weighted by Crippen LogP contribution is 2.24. The SMILES string of the molecule is CCOc1ccc(Nc2ccnc(NC3CC3)n2)cc1. The van der Waals surface area contributed by atoms with Crippen molar-refractivity contribution >= 4 is 17.5 Å². The van der Waals surface area contributed by atoms with Crippen LogP contribution in [0.15, 0.2) is 36.5 Å². The summed E-state index contributed by atoms with van der Waals surface area (Å²) in [6.45, 7) is 2.65. The maximum absolute atomic E-state index is 5.42. The van der Waals surface area contributed by atoms with Crippen molar-refractivity contribution in [1.29, 1.82) is 0 Å². The minimum atomic E-state index is 0.552. The van der Waals surface area contributed by atoms with Crippen molar-refractivity contribution < 1.29 is 4.74 Å². The van der Waals surface area contributed by atoms with Crippen LogP contribution in [-0.2, 0) is 0 Å². The highest BCUT2D eigenvalue weighted by molar-refractivity contribution is 5.57. The van der Waals surface area contributed by atoms with E-state index in [9.17, 15) is 0 Å². The summed E-state index contributed by atoms with van der Waals surface area (Å²) >= 11 is 0. The molecule has 0 bridgehead atoms. The van der Waals surface area contributed by atoms with Gasteiger partial charge in [-0.05, 0) is 50.1 Å². The largest absolute Gasteiger partial charge is 0.494 e. The molecule has 5 nitrogen and oxygen atoms in total. The van der Waals surface area contributed by atoms with E-state index in [0.717, 1.165) is 17.3 Å². The van der Waals surface area contributed by atoms with Crippen LogP contribution in [0.5, 0.6) is 5.75 Å². The lowest BCUT2D eigenvalue weighted by Crippen LogP contribution is -2.06. The molecule has 0 radical (unpaired) electrons. The molecule has 1 fully saturated rings. The average molecular weight is 270 g/mol. The molecule has 1 aliphatic rings. The van der Waals surface area contributed by atoms with Gasteiger partial charge in [-0.25, -0.2) is 4.98 Å². The van der Waals surface area contributed by atoms with Gasteiger partial charge >= 0.3 is 0 Å². The molecule has 0 atom stereocenters. The molecular weight excluding hydrogens is 252 g/mol. The molecule has 1 aromatic carbocycles. The third-order valence-corrected chi connectivity index (χ3v) is 3.00. The topological polar surface area (TPSA) is 59.1 Å². The number of nitrogens with one attached hydrogen (secondary N) is 2. The number of rotatable bonds is 6. The van der Waals surface area contributed by atoms with E-state index in [2.05, 4.69) is 20.6 Å². The second-order valence-electron chi connectivity index (χ2n) is 4.77. The van der Waals surface area contributed by atoms with Crippen molar-refractivity contribution in [3.8, 4) is 5.75 Å². The third-order valence-electron chi connectivity index (χ3n) is 3.00. The first kappa shape index (κ1) is 12.7. The van der Waals surface area contributed by atoms with Crippen molar-refractivity contribution in [2.24, 2.45) is 0 Å². The molecule has 0 saturated heterocycles. The second kappa shape index (κ2) is 5.77. The minimum absolute atomic E-state index is 0.552. The third kappa shape index (κ3) is 3.38. The number of hydrogen-bond acceptors (Lipinski definition) is 5. The Labute approximate surface area is 118 Å². The van der Waals surface area contributed by atoms with Crippen LogP contribution in [0.2, 0.25) is 0 Å². The molecule has 1 aromatic heterocycles. The van der Waals surface area contributed by atoms with Gasteiger partial charge in [0.05, 0.1) is 6.61 Å². The first-order chi connectivity index (χ1) is 9.83. The molecular formula is C15H18N4O. The minimum Gasteiger partial charge on any atom is -0.494 e. The molecule has 1 aliphatic carbocycles. The Balaban J connectivity index is 1.66. The molecule has 0 spiro atoms. The summed E-state index contributed by atoms with van der Waals surface area (Å²) in [5.41, 5.74) is 0.976. The number of nitrogens with zero attached hydrogens (tertiary/aromatic N) is 2. The van der Waals surface area contributed by atoms with Gasteiger partial charge in [0, 0.05) is 17.9 Å². The van der Waals surface area contributed by atoms with Crippen molar-refractivity contribution in [3.05, 3.63) is 36.5 Å². The summed E-state index contributed by atoms with van der Waals surface area (Å²) in [6, 6.07) is 10.2. The number of hydrogen-bond donors (Lipinski definition) is 2. The Morgan fingerprint density at radius 2 is 2.00 bits per heavy atom. The van der Waals surface area contributed by atoms with Gasteiger partial charge in [-0.3, -0.25) is 0 Å². The molecule has 0 aliphatic heterocycles.